The molecule has 1 atom stereocenters. The van der Waals surface area contributed by atoms with E-state index in [1.165, 1.54) is 12.8 Å². The van der Waals surface area contributed by atoms with Crippen molar-refractivity contribution in [2.75, 3.05) is 24.6 Å². The molecule has 182 valence electrons. The molecule has 9 heteroatoms. The molecule has 4 aliphatic rings. The normalized spacial score (nSPS) is 21.3. The lowest BCUT2D eigenvalue weighted by Gasteiger charge is -2.18. The first-order valence-electron chi connectivity index (χ1n) is 12.3. The van der Waals surface area contributed by atoms with E-state index in [1.807, 2.05) is 12.1 Å². The van der Waals surface area contributed by atoms with Crippen LogP contribution in [-0.2, 0) is 16.1 Å². The SMILES string of the molecule is O=C(CN1Cc2ccc(N3CC[C@@H](Oc4ccc(OCC5CC5)nc4)C3=O)cc2C1=O)NC1CC1. The van der Waals surface area contributed by atoms with Crippen molar-refractivity contribution in [3.8, 4) is 11.6 Å². The van der Waals surface area contributed by atoms with E-state index >= 15 is 0 Å². The van der Waals surface area contributed by atoms with Crippen LogP contribution in [0.1, 0.15) is 48.0 Å². The molecular formula is C26H28N4O5. The number of ether oxygens (including phenoxy) is 2. The highest BCUT2D eigenvalue weighted by molar-refractivity contribution is 6.03. The second-order valence-electron chi connectivity index (χ2n) is 9.82. The molecule has 1 aromatic heterocycles. The molecule has 35 heavy (non-hydrogen) atoms. The standard InChI is InChI=1S/C26H28N4O5/c31-23(28-18-4-5-18)14-29-13-17-3-6-19(11-21(17)25(29)32)30-10-9-22(26(30)33)35-20-7-8-24(27-12-20)34-15-16-1-2-16/h3,6-8,11-12,16,18,22H,1-2,4-5,9-10,13-15H2,(H,28,31)/t22-/m1/s1. The third kappa shape index (κ3) is 4.80. The molecule has 0 radical (unpaired) electrons. The summed E-state index contributed by atoms with van der Waals surface area (Å²) in [5.74, 6) is 1.28. The third-order valence-electron chi connectivity index (χ3n) is 6.87. The number of aromatic nitrogens is 1. The molecule has 0 bridgehead atoms. The van der Waals surface area contributed by atoms with Crippen molar-refractivity contribution in [3.63, 3.8) is 0 Å². The van der Waals surface area contributed by atoms with Crippen LogP contribution in [0.25, 0.3) is 0 Å². The number of benzene rings is 1. The Bertz CT molecular complexity index is 1160. The van der Waals surface area contributed by atoms with Crippen LogP contribution in [0, 0.1) is 5.92 Å². The fraction of sp³-hybridized carbons (Fsp3) is 0.462. The van der Waals surface area contributed by atoms with Crippen LogP contribution in [0.4, 0.5) is 5.69 Å². The van der Waals surface area contributed by atoms with Crippen molar-refractivity contribution in [1.29, 1.82) is 0 Å². The van der Waals surface area contributed by atoms with Gasteiger partial charge in [0.15, 0.2) is 6.10 Å². The van der Waals surface area contributed by atoms with Crippen molar-refractivity contribution >= 4 is 23.4 Å². The van der Waals surface area contributed by atoms with Crippen molar-refractivity contribution in [2.24, 2.45) is 5.92 Å². The van der Waals surface area contributed by atoms with Crippen molar-refractivity contribution in [2.45, 2.75) is 50.8 Å². The number of hydrogen-bond donors (Lipinski definition) is 1. The largest absolute Gasteiger partial charge is 0.479 e. The van der Waals surface area contributed by atoms with Gasteiger partial charge in [0.2, 0.25) is 11.8 Å². The van der Waals surface area contributed by atoms with Gasteiger partial charge in [0.05, 0.1) is 12.8 Å². The van der Waals surface area contributed by atoms with Gasteiger partial charge < -0.3 is 24.6 Å². The molecule has 9 nitrogen and oxygen atoms in total. The second-order valence-corrected chi connectivity index (χ2v) is 9.82. The minimum Gasteiger partial charge on any atom is -0.479 e. The average Bonchev–Trinajstić information content (AvgIpc) is 3.78. The van der Waals surface area contributed by atoms with Gasteiger partial charge >= 0.3 is 0 Å². The van der Waals surface area contributed by atoms with E-state index in [-0.39, 0.29) is 30.3 Å². The number of anilines is 1. The number of amides is 3. The maximum Gasteiger partial charge on any atom is 0.268 e. The van der Waals surface area contributed by atoms with E-state index in [9.17, 15) is 14.4 Å². The highest BCUT2D eigenvalue weighted by Crippen LogP contribution is 2.31. The first kappa shape index (κ1) is 21.9. The van der Waals surface area contributed by atoms with Gasteiger partial charge in [-0.3, -0.25) is 14.4 Å². The Morgan fingerprint density at radius 2 is 1.94 bits per heavy atom. The van der Waals surface area contributed by atoms with Crippen LogP contribution >= 0.6 is 0 Å². The summed E-state index contributed by atoms with van der Waals surface area (Å²) in [5.41, 5.74) is 2.08. The first-order chi connectivity index (χ1) is 17.0. The number of rotatable bonds is 9. The summed E-state index contributed by atoms with van der Waals surface area (Å²) in [6, 6.07) is 9.27. The molecular weight excluding hydrogens is 448 g/mol. The first-order valence-corrected chi connectivity index (χ1v) is 12.3. The number of carbonyl (C=O) groups excluding carboxylic acids is 3. The number of hydrogen-bond acceptors (Lipinski definition) is 6. The summed E-state index contributed by atoms with van der Waals surface area (Å²) in [6.07, 6.45) is 5.97. The van der Waals surface area contributed by atoms with E-state index in [4.69, 9.17) is 9.47 Å². The maximum absolute atomic E-state index is 13.1. The van der Waals surface area contributed by atoms with Gasteiger partial charge in [0.25, 0.3) is 11.8 Å². The van der Waals surface area contributed by atoms with Gasteiger partial charge in [0, 0.05) is 42.9 Å². The minimum absolute atomic E-state index is 0.0519. The Labute approximate surface area is 203 Å². The molecule has 1 saturated heterocycles. The zero-order valence-corrected chi connectivity index (χ0v) is 19.4. The zero-order chi connectivity index (χ0) is 23.9. The van der Waals surface area contributed by atoms with Crippen molar-refractivity contribution in [1.82, 2.24) is 15.2 Å². The van der Waals surface area contributed by atoms with Crippen molar-refractivity contribution < 1.29 is 23.9 Å². The second kappa shape index (κ2) is 8.87. The molecule has 2 saturated carbocycles. The van der Waals surface area contributed by atoms with E-state index < -0.39 is 6.10 Å². The summed E-state index contributed by atoms with van der Waals surface area (Å²) >= 11 is 0. The summed E-state index contributed by atoms with van der Waals surface area (Å²) < 4.78 is 11.6. The van der Waals surface area contributed by atoms with E-state index in [0.717, 1.165) is 18.4 Å². The van der Waals surface area contributed by atoms with Gasteiger partial charge in [-0.25, -0.2) is 4.98 Å². The van der Waals surface area contributed by atoms with Gasteiger partial charge in [-0.2, -0.15) is 0 Å². The number of nitrogens with one attached hydrogen (secondary N) is 1. The molecule has 2 aliphatic heterocycles. The number of nitrogens with zero attached hydrogens (tertiary/aromatic N) is 3. The Balaban J connectivity index is 1.07. The molecule has 2 aromatic rings. The van der Waals surface area contributed by atoms with Crippen LogP contribution in [0.3, 0.4) is 0 Å². The number of carbonyl (C=O) groups is 3. The van der Waals surface area contributed by atoms with Crippen LogP contribution < -0.4 is 19.7 Å². The van der Waals surface area contributed by atoms with Gasteiger partial charge in [0.1, 0.15) is 12.3 Å². The summed E-state index contributed by atoms with van der Waals surface area (Å²) in [5, 5.41) is 2.92. The van der Waals surface area contributed by atoms with E-state index in [0.29, 0.717) is 54.9 Å². The molecule has 3 amide bonds. The monoisotopic (exact) mass is 476 g/mol. The molecule has 1 N–H and O–H groups in total. The predicted molar refractivity (Wildman–Crippen MR) is 126 cm³/mol. The van der Waals surface area contributed by atoms with Crippen LogP contribution in [0.15, 0.2) is 36.5 Å². The third-order valence-corrected chi connectivity index (χ3v) is 6.87. The van der Waals surface area contributed by atoms with Crippen LogP contribution in [-0.4, -0.2) is 59.4 Å². The molecule has 3 fully saturated rings. The molecule has 3 heterocycles. The number of pyridine rings is 1. The predicted octanol–water partition coefficient (Wildman–Crippen LogP) is 2.29. The summed E-state index contributed by atoms with van der Waals surface area (Å²) in [6.45, 7) is 1.65. The van der Waals surface area contributed by atoms with Gasteiger partial charge in [-0.1, -0.05) is 6.07 Å². The topological polar surface area (TPSA) is 101 Å². The molecule has 0 spiro atoms. The fourth-order valence-corrected chi connectivity index (χ4v) is 4.51. The van der Waals surface area contributed by atoms with Gasteiger partial charge in [-0.05, 0) is 55.4 Å². The molecule has 6 rings (SSSR count). The smallest absolute Gasteiger partial charge is 0.268 e. The average molecular weight is 477 g/mol. The molecule has 0 unspecified atom stereocenters. The van der Waals surface area contributed by atoms with Gasteiger partial charge in [-0.15, -0.1) is 0 Å². The highest BCUT2D eigenvalue weighted by atomic mass is 16.5. The lowest BCUT2D eigenvalue weighted by molar-refractivity contribution is -0.123. The Kier molecular flexibility index (Phi) is 5.54. The van der Waals surface area contributed by atoms with Crippen molar-refractivity contribution in [3.05, 3.63) is 47.7 Å². The highest BCUT2D eigenvalue weighted by Gasteiger charge is 2.36. The fourth-order valence-electron chi connectivity index (χ4n) is 4.51. The number of fused-ring (bicyclic) bond motifs is 1. The Morgan fingerprint density at radius 3 is 2.69 bits per heavy atom. The maximum atomic E-state index is 13.1. The van der Waals surface area contributed by atoms with Crippen LogP contribution in [0.5, 0.6) is 11.6 Å². The van der Waals surface area contributed by atoms with E-state index in [2.05, 4.69) is 10.3 Å². The summed E-state index contributed by atoms with van der Waals surface area (Å²) in [4.78, 5) is 45.6. The minimum atomic E-state index is -0.610. The molecule has 1 aromatic carbocycles. The Hall–Kier alpha value is -3.62. The quantitative estimate of drug-likeness (QED) is 0.596. The molecule has 2 aliphatic carbocycles. The lowest BCUT2D eigenvalue weighted by atomic mass is 10.1. The summed E-state index contributed by atoms with van der Waals surface area (Å²) in [7, 11) is 0. The lowest BCUT2D eigenvalue weighted by Crippen LogP contribution is -2.38. The van der Waals surface area contributed by atoms with Crippen LogP contribution in [0.2, 0.25) is 0 Å². The zero-order valence-electron chi connectivity index (χ0n) is 19.4. The Morgan fingerprint density at radius 1 is 1.09 bits per heavy atom. The van der Waals surface area contributed by atoms with E-state index in [1.54, 1.807) is 34.2 Å².